The third kappa shape index (κ3) is 2.73. The van der Waals surface area contributed by atoms with Gasteiger partial charge in [0, 0.05) is 12.6 Å². The van der Waals surface area contributed by atoms with Gasteiger partial charge in [0.1, 0.15) is 11.6 Å². The van der Waals surface area contributed by atoms with E-state index in [2.05, 4.69) is 10.0 Å². The summed E-state index contributed by atoms with van der Waals surface area (Å²) in [6.45, 7) is 0.968. The molecular formula is C10H12F2N2O2S. The van der Waals surface area contributed by atoms with Crippen LogP contribution in [0, 0.1) is 11.6 Å². The van der Waals surface area contributed by atoms with Crippen LogP contribution in [0.1, 0.15) is 6.42 Å². The SMILES string of the molecule is O=S(=O)(Nc1ccc(F)cc1F)C1CCNC1. The van der Waals surface area contributed by atoms with Gasteiger partial charge in [-0.15, -0.1) is 0 Å². The van der Waals surface area contributed by atoms with Crippen molar-refractivity contribution in [1.82, 2.24) is 5.32 Å². The van der Waals surface area contributed by atoms with Crippen LogP contribution in [-0.2, 0) is 10.0 Å². The first-order valence-electron chi connectivity index (χ1n) is 5.16. The van der Waals surface area contributed by atoms with Crippen molar-refractivity contribution in [1.29, 1.82) is 0 Å². The van der Waals surface area contributed by atoms with Gasteiger partial charge in [-0.05, 0) is 25.1 Å². The van der Waals surface area contributed by atoms with E-state index in [1.54, 1.807) is 0 Å². The number of sulfonamides is 1. The Morgan fingerprint density at radius 1 is 1.35 bits per heavy atom. The van der Waals surface area contributed by atoms with Crippen LogP contribution >= 0.6 is 0 Å². The van der Waals surface area contributed by atoms with Gasteiger partial charge in [0.15, 0.2) is 0 Å². The van der Waals surface area contributed by atoms with Crippen molar-refractivity contribution in [2.45, 2.75) is 11.7 Å². The van der Waals surface area contributed by atoms with Crippen LogP contribution in [0.15, 0.2) is 18.2 Å². The Labute approximate surface area is 98.1 Å². The molecule has 1 aromatic rings. The Morgan fingerprint density at radius 2 is 2.12 bits per heavy atom. The molecule has 1 atom stereocenters. The van der Waals surface area contributed by atoms with E-state index in [1.807, 2.05) is 0 Å². The molecule has 1 aromatic carbocycles. The molecule has 1 saturated heterocycles. The lowest BCUT2D eigenvalue weighted by Crippen LogP contribution is -2.30. The second-order valence-corrected chi connectivity index (χ2v) is 5.85. The molecule has 0 bridgehead atoms. The lowest BCUT2D eigenvalue weighted by Gasteiger charge is -2.13. The third-order valence-corrected chi connectivity index (χ3v) is 4.42. The van der Waals surface area contributed by atoms with Gasteiger partial charge in [-0.25, -0.2) is 17.2 Å². The second-order valence-electron chi connectivity index (χ2n) is 3.89. The molecule has 2 rings (SSSR count). The Morgan fingerprint density at radius 3 is 2.71 bits per heavy atom. The predicted octanol–water partition coefficient (Wildman–Crippen LogP) is 1.07. The van der Waals surface area contributed by atoms with Gasteiger partial charge in [-0.1, -0.05) is 0 Å². The maximum atomic E-state index is 13.3. The molecule has 1 fully saturated rings. The monoisotopic (exact) mass is 262 g/mol. The zero-order valence-corrected chi connectivity index (χ0v) is 9.73. The van der Waals surface area contributed by atoms with E-state index in [0.29, 0.717) is 25.6 Å². The van der Waals surface area contributed by atoms with Gasteiger partial charge in [-0.2, -0.15) is 0 Å². The van der Waals surface area contributed by atoms with Crippen LogP contribution in [0.5, 0.6) is 0 Å². The van der Waals surface area contributed by atoms with Gasteiger partial charge >= 0.3 is 0 Å². The molecule has 1 heterocycles. The van der Waals surface area contributed by atoms with Crippen molar-refractivity contribution >= 4 is 15.7 Å². The number of hydrogen-bond acceptors (Lipinski definition) is 3. The van der Waals surface area contributed by atoms with Crippen LogP contribution in [0.3, 0.4) is 0 Å². The van der Waals surface area contributed by atoms with Gasteiger partial charge in [0.05, 0.1) is 10.9 Å². The van der Waals surface area contributed by atoms with E-state index < -0.39 is 26.9 Å². The Bertz CT molecular complexity index is 513. The summed E-state index contributed by atoms with van der Waals surface area (Å²) < 4.78 is 51.7. The summed E-state index contributed by atoms with van der Waals surface area (Å²) in [6.07, 6.45) is 0.484. The standard InChI is InChI=1S/C10H12F2N2O2S/c11-7-1-2-10(9(12)5-7)14-17(15,16)8-3-4-13-6-8/h1-2,5,8,13-14H,3-4,6H2. The fraction of sp³-hybridized carbons (Fsp3) is 0.400. The first-order valence-corrected chi connectivity index (χ1v) is 6.71. The Kier molecular flexibility index (Phi) is 3.30. The number of anilines is 1. The van der Waals surface area contributed by atoms with Crippen LogP contribution in [-0.4, -0.2) is 26.8 Å². The number of halogens is 2. The minimum absolute atomic E-state index is 0.224. The van der Waals surface area contributed by atoms with Crippen molar-refractivity contribution in [3.05, 3.63) is 29.8 Å². The number of rotatable bonds is 3. The molecule has 0 aliphatic carbocycles. The zero-order valence-electron chi connectivity index (χ0n) is 8.91. The summed E-state index contributed by atoms with van der Waals surface area (Å²) in [4.78, 5) is 0. The predicted molar refractivity (Wildman–Crippen MR) is 60.2 cm³/mol. The number of benzene rings is 1. The summed E-state index contributed by atoms with van der Waals surface area (Å²) >= 11 is 0. The average Bonchev–Trinajstić information content (AvgIpc) is 2.76. The average molecular weight is 262 g/mol. The van der Waals surface area contributed by atoms with Crippen LogP contribution in [0.4, 0.5) is 14.5 Å². The van der Waals surface area contributed by atoms with E-state index in [9.17, 15) is 17.2 Å². The topological polar surface area (TPSA) is 58.2 Å². The van der Waals surface area contributed by atoms with Gasteiger partial charge < -0.3 is 5.32 Å². The molecule has 1 unspecified atom stereocenters. The molecule has 0 saturated carbocycles. The molecule has 0 spiro atoms. The molecule has 1 aliphatic rings. The summed E-state index contributed by atoms with van der Waals surface area (Å²) in [5.74, 6) is -1.66. The van der Waals surface area contributed by atoms with Crippen LogP contribution in [0.25, 0.3) is 0 Å². The van der Waals surface area contributed by atoms with Crippen LogP contribution in [0.2, 0.25) is 0 Å². The maximum absolute atomic E-state index is 13.3. The highest BCUT2D eigenvalue weighted by Crippen LogP contribution is 2.19. The second kappa shape index (κ2) is 4.58. The summed E-state index contributed by atoms with van der Waals surface area (Å²) in [5.41, 5.74) is -0.224. The lowest BCUT2D eigenvalue weighted by molar-refractivity contribution is 0.579. The summed E-state index contributed by atoms with van der Waals surface area (Å²) in [7, 11) is -3.62. The minimum Gasteiger partial charge on any atom is -0.315 e. The molecule has 7 heteroatoms. The fourth-order valence-electron chi connectivity index (χ4n) is 1.70. The highest BCUT2D eigenvalue weighted by molar-refractivity contribution is 7.93. The highest BCUT2D eigenvalue weighted by atomic mass is 32.2. The van der Waals surface area contributed by atoms with Gasteiger partial charge in [0.2, 0.25) is 10.0 Å². The number of hydrogen-bond donors (Lipinski definition) is 2. The highest BCUT2D eigenvalue weighted by Gasteiger charge is 2.29. The van der Waals surface area contributed by atoms with E-state index in [-0.39, 0.29) is 5.69 Å². The maximum Gasteiger partial charge on any atom is 0.237 e. The fourth-order valence-corrected chi connectivity index (χ4v) is 3.11. The lowest BCUT2D eigenvalue weighted by atomic mass is 10.3. The van der Waals surface area contributed by atoms with Crippen molar-refractivity contribution < 1.29 is 17.2 Å². The normalized spacial score (nSPS) is 20.5. The van der Waals surface area contributed by atoms with E-state index >= 15 is 0 Å². The summed E-state index contributed by atoms with van der Waals surface area (Å²) in [6, 6.07) is 2.73. The van der Waals surface area contributed by atoms with Crippen LogP contribution < -0.4 is 10.0 Å². The first kappa shape index (κ1) is 12.3. The van der Waals surface area contributed by atoms with Crippen molar-refractivity contribution in [3.63, 3.8) is 0 Å². The molecular weight excluding hydrogens is 250 g/mol. The molecule has 2 N–H and O–H groups in total. The van der Waals surface area contributed by atoms with Gasteiger partial charge in [-0.3, -0.25) is 4.72 Å². The Balaban J connectivity index is 2.19. The third-order valence-electron chi connectivity index (χ3n) is 2.64. The minimum atomic E-state index is -3.62. The number of nitrogens with one attached hydrogen (secondary N) is 2. The molecule has 1 aliphatic heterocycles. The first-order chi connectivity index (χ1) is 7.99. The zero-order chi connectivity index (χ0) is 12.5. The smallest absolute Gasteiger partial charge is 0.237 e. The van der Waals surface area contributed by atoms with E-state index in [1.165, 1.54) is 0 Å². The van der Waals surface area contributed by atoms with E-state index in [4.69, 9.17) is 0 Å². The molecule has 4 nitrogen and oxygen atoms in total. The largest absolute Gasteiger partial charge is 0.315 e. The van der Waals surface area contributed by atoms with Crippen molar-refractivity contribution in [2.24, 2.45) is 0 Å². The quantitative estimate of drug-likeness (QED) is 0.856. The molecule has 0 amide bonds. The molecule has 17 heavy (non-hydrogen) atoms. The molecule has 0 radical (unpaired) electrons. The molecule has 94 valence electrons. The van der Waals surface area contributed by atoms with Crippen molar-refractivity contribution in [2.75, 3.05) is 17.8 Å². The summed E-state index contributed by atoms with van der Waals surface area (Å²) in [5, 5.41) is 2.34. The van der Waals surface area contributed by atoms with Gasteiger partial charge in [0.25, 0.3) is 0 Å². The Hall–Kier alpha value is -1.21. The van der Waals surface area contributed by atoms with Crippen molar-refractivity contribution in [3.8, 4) is 0 Å². The van der Waals surface area contributed by atoms with E-state index in [0.717, 1.165) is 12.1 Å². The molecule has 0 aromatic heterocycles.